The Morgan fingerprint density at radius 2 is 1.95 bits per heavy atom. The number of rotatable bonds is 5. The Labute approximate surface area is 124 Å². The van der Waals surface area contributed by atoms with E-state index in [0.717, 1.165) is 17.0 Å². The Kier molecular flexibility index (Phi) is 4.62. The molecule has 0 amide bonds. The molecule has 0 saturated carbocycles. The predicted molar refractivity (Wildman–Crippen MR) is 79.1 cm³/mol. The van der Waals surface area contributed by atoms with Gasteiger partial charge in [0.15, 0.2) is 5.75 Å². The number of hydrogen-bond donors (Lipinski definition) is 0. The van der Waals surface area contributed by atoms with Gasteiger partial charge in [-0.3, -0.25) is 4.68 Å². The highest BCUT2D eigenvalue weighted by molar-refractivity contribution is 5.77. The van der Waals surface area contributed by atoms with Crippen LogP contribution >= 0.6 is 0 Å². The molecule has 112 valence electrons. The molecule has 1 aromatic heterocycles. The molecule has 5 nitrogen and oxygen atoms in total. The Bertz CT molecular complexity index is 620. The molecule has 2 aromatic rings. The summed E-state index contributed by atoms with van der Waals surface area (Å²) in [6, 6.07) is 9.33. The van der Waals surface area contributed by atoms with E-state index in [1.54, 1.807) is 11.6 Å². The number of nitrogens with zero attached hydrogens (tertiary/aromatic N) is 2. The first-order valence-electron chi connectivity index (χ1n) is 6.93. The van der Waals surface area contributed by atoms with Gasteiger partial charge in [-0.15, -0.1) is 0 Å². The molecule has 1 heterocycles. The Balaban J connectivity index is 2.34. The number of ether oxygens (including phenoxy) is 2. The van der Waals surface area contributed by atoms with Crippen LogP contribution in [-0.4, -0.2) is 22.4 Å². The van der Waals surface area contributed by atoms with Crippen molar-refractivity contribution in [2.24, 2.45) is 7.05 Å². The fourth-order valence-electron chi connectivity index (χ4n) is 2.14. The summed E-state index contributed by atoms with van der Waals surface area (Å²) in [7, 11) is 1.84. The average molecular weight is 288 g/mol. The van der Waals surface area contributed by atoms with Gasteiger partial charge in [-0.25, -0.2) is 4.79 Å². The molecule has 21 heavy (non-hydrogen) atoms. The number of carbonyl (C=O) groups excluding carboxylic acids is 1. The summed E-state index contributed by atoms with van der Waals surface area (Å²) in [6.45, 7) is 5.86. The van der Waals surface area contributed by atoms with Gasteiger partial charge in [-0.05, 0) is 20.8 Å². The van der Waals surface area contributed by atoms with Gasteiger partial charge in [0, 0.05) is 12.6 Å². The largest absolute Gasteiger partial charge is 0.470 e. The van der Waals surface area contributed by atoms with E-state index >= 15 is 0 Å². The minimum absolute atomic E-state index is 0.316. The van der Waals surface area contributed by atoms with Gasteiger partial charge in [-0.2, -0.15) is 5.10 Å². The van der Waals surface area contributed by atoms with Gasteiger partial charge in [0.25, 0.3) is 0 Å². The number of aromatic nitrogens is 2. The number of aryl methyl sites for hydroxylation is 2. The molecular formula is C16H20N2O3. The number of carbonyl (C=O) groups is 1. The zero-order valence-electron chi connectivity index (χ0n) is 12.8. The minimum Gasteiger partial charge on any atom is -0.470 e. The molecule has 0 aliphatic carbocycles. The van der Waals surface area contributed by atoms with Crippen LogP contribution in [0.5, 0.6) is 5.75 Å². The summed E-state index contributed by atoms with van der Waals surface area (Å²) < 4.78 is 12.8. The lowest BCUT2D eigenvalue weighted by Crippen LogP contribution is -2.22. The second-order valence-corrected chi connectivity index (χ2v) is 4.78. The summed E-state index contributed by atoms with van der Waals surface area (Å²) in [5, 5.41) is 4.30. The third kappa shape index (κ3) is 3.24. The Hall–Kier alpha value is -2.30. The lowest BCUT2D eigenvalue weighted by molar-refractivity contribution is -0.151. The minimum atomic E-state index is -0.784. The van der Waals surface area contributed by atoms with Crippen LogP contribution in [0, 0.1) is 13.8 Å². The molecular weight excluding hydrogens is 268 g/mol. The first-order valence-corrected chi connectivity index (χ1v) is 6.93. The van der Waals surface area contributed by atoms with Gasteiger partial charge in [0.1, 0.15) is 5.69 Å². The number of esters is 1. The van der Waals surface area contributed by atoms with Crippen LogP contribution in [0.4, 0.5) is 0 Å². The van der Waals surface area contributed by atoms with Gasteiger partial charge < -0.3 is 9.47 Å². The van der Waals surface area contributed by atoms with Crippen LogP contribution in [0.1, 0.15) is 30.0 Å². The Morgan fingerprint density at radius 3 is 2.48 bits per heavy atom. The highest BCUT2D eigenvalue weighted by Crippen LogP contribution is 2.28. The predicted octanol–water partition coefficient (Wildman–Crippen LogP) is 2.72. The van der Waals surface area contributed by atoms with Crippen molar-refractivity contribution in [3.8, 4) is 5.75 Å². The van der Waals surface area contributed by atoms with Crippen LogP contribution in [0.25, 0.3) is 0 Å². The molecule has 0 bridgehead atoms. The molecule has 0 radical (unpaired) electrons. The monoisotopic (exact) mass is 288 g/mol. The highest BCUT2D eigenvalue weighted by atomic mass is 16.6. The first kappa shape index (κ1) is 15.1. The lowest BCUT2D eigenvalue weighted by Gasteiger charge is -2.18. The van der Waals surface area contributed by atoms with Crippen molar-refractivity contribution in [2.45, 2.75) is 26.9 Å². The van der Waals surface area contributed by atoms with E-state index in [1.807, 2.05) is 51.2 Å². The van der Waals surface area contributed by atoms with Crippen molar-refractivity contribution in [2.75, 3.05) is 6.61 Å². The maximum atomic E-state index is 12.2. The maximum absolute atomic E-state index is 12.2. The number of hydrogen-bond acceptors (Lipinski definition) is 4. The van der Waals surface area contributed by atoms with Crippen LogP contribution in [-0.2, 0) is 16.6 Å². The molecule has 1 unspecified atom stereocenters. The van der Waals surface area contributed by atoms with E-state index in [-0.39, 0.29) is 0 Å². The van der Waals surface area contributed by atoms with E-state index in [1.165, 1.54) is 0 Å². The van der Waals surface area contributed by atoms with Crippen LogP contribution < -0.4 is 4.74 Å². The van der Waals surface area contributed by atoms with Crippen molar-refractivity contribution in [1.82, 2.24) is 9.78 Å². The summed E-state index contributed by atoms with van der Waals surface area (Å²) in [5.41, 5.74) is 2.39. The van der Waals surface area contributed by atoms with Crippen molar-refractivity contribution in [3.05, 3.63) is 47.3 Å². The zero-order valence-corrected chi connectivity index (χ0v) is 12.8. The average Bonchev–Trinajstić information content (AvgIpc) is 2.71. The molecule has 0 spiro atoms. The van der Waals surface area contributed by atoms with Gasteiger partial charge >= 0.3 is 5.97 Å². The molecule has 5 heteroatoms. The van der Waals surface area contributed by atoms with E-state index < -0.39 is 12.1 Å². The van der Waals surface area contributed by atoms with Crippen LogP contribution in [0.2, 0.25) is 0 Å². The Morgan fingerprint density at radius 1 is 1.29 bits per heavy atom. The maximum Gasteiger partial charge on any atom is 0.352 e. The second-order valence-electron chi connectivity index (χ2n) is 4.78. The van der Waals surface area contributed by atoms with Gasteiger partial charge in [-0.1, -0.05) is 30.3 Å². The van der Waals surface area contributed by atoms with Crippen molar-refractivity contribution in [1.29, 1.82) is 0 Å². The summed E-state index contributed by atoms with van der Waals surface area (Å²) in [5.74, 6) is 0.228. The summed E-state index contributed by atoms with van der Waals surface area (Å²) in [4.78, 5) is 12.2. The molecule has 0 aliphatic rings. The first-order chi connectivity index (χ1) is 10.0. The fourth-order valence-corrected chi connectivity index (χ4v) is 2.14. The van der Waals surface area contributed by atoms with E-state index in [9.17, 15) is 4.79 Å². The normalized spacial score (nSPS) is 12.0. The standard InChI is InChI=1S/C16H20N2O3/c1-5-20-16(19)15(13-9-7-6-8-10-13)21-14-11(2)17-18(4)12(14)3/h6-10,15H,5H2,1-4H3. The molecule has 0 N–H and O–H groups in total. The van der Waals surface area contributed by atoms with Crippen molar-refractivity contribution in [3.63, 3.8) is 0 Å². The third-order valence-corrected chi connectivity index (χ3v) is 3.28. The topological polar surface area (TPSA) is 53.4 Å². The molecule has 2 rings (SSSR count). The molecule has 0 aliphatic heterocycles. The zero-order chi connectivity index (χ0) is 15.4. The van der Waals surface area contributed by atoms with Crippen LogP contribution in [0.15, 0.2) is 30.3 Å². The van der Waals surface area contributed by atoms with Crippen molar-refractivity contribution >= 4 is 5.97 Å². The fraction of sp³-hybridized carbons (Fsp3) is 0.375. The molecule has 1 atom stereocenters. The third-order valence-electron chi connectivity index (χ3n) is 3.28. The molecule has 1 aromatic carbocycles. The highest BCUT2D eigenvalue weighted by Gasteiger charge is 2.26. The summed E-state index contributed by atoms with van der Waals surface area (Å²) >= 11 is 0. The van der Waals surface area contributed by atoms with E-state index in [0.29, 0.717) is 12.4 Å². The number of benzene rings is 1. The van der Waals surface area contributed by atoms with Crippen LogP contribution in [0.3, 0.4) is 0 Å². The lowest BCUT2D eigenvalue weighted by atomic mass is 10.1. The van der Waals surface area contributed by atoms with Crippen molar-refractivity contribution < 1.29 is 14.3 Å². The van der Waals surface area contributed by atoms with E-state index in [2.05, 4.69) is 5.10 Å². The molecule has 0 saturated heterocycles. The summed E-state index contributed by atoms with van der Waals surface area (Å²) in [6.07, 6.45) is -0.784. The smallest absolute Gasteiger partial charge is 0.352 e. The quantitative estimate of drug-likeness (QED) is 0.794. The molecule has 0 fully saturated rings. The second kappa shape index (κ2) is 6.43. The van der Waals surface area contributed by atoms with E-state index in [4.69, 9.17) is 9.47 Å². The van der Waals surface area contributed by atoms with Gasteiger partial charge in [0.2, 0.25) is 6.10 Å². The SMILES string of the molecule is CCOC(=O)C(Oc1c(C)nn(C)c1C)c1ccccc1. The van der Waals surface area contributed by atoms with Gasteiger partial charge in [0.05, 0.1) is 12.3 Å².